The average molecular weight is 324 g/mol. The Morgan fingerprint density at radius 3 is 2.17 bits per heavy atom. The van der Waals surface area contributed by atoms with Crippen molar-refractivity contribution in [2.24, 2.45) is 11.8 Å². The summed E-state index contributed by atoms with van der Waals surface area (Å²) in [6.45, 7) is 2.26. The van der Waals surface area contributed by atoms with Gasteiger partial charge in [-0.05, 0) is 36.3 Å². The van der Waals surface area contributed by atoms with Crippen LogP contribution in [0.15, 0.2) is 12.1 Å². The highest BCUT2D eigenvalue weighted by Gasteiger charge is 2.21. The smallest absolute Gasteiger partial charge is 0.134 e. The van der Waals surface area contributed by atoms with E-state index in [4.69, 9.17) is 5.26 Å². The molecule has 128 valence electrons. The molecule has 3 heteroatoms. The summed E-state index contributed by atoms with van der Waals surface area (Å²) in [6.07, 6.45) is 12.6. The highest BCUT2D eigenvalue weighted by atomic mass is 16.3. The van der Waals surface area contributed by atoms with Crippen molar-refractivity contribution < 1.29 is 5.11 Å². The van der Waals surface area contributed by atoms with Gasteiger partial charge in [-0.25, -0.2) is 0 Å². The van der Waals surface area contributed by atoms with Crippen LogP contribution in [0.1, 0.15) is 81.4 Å². The van der Waals surface area contributed by atoms with Crippen molar-refractivity contribution >= 4 is 0 Å². The number of aryl methyl sites for hydroxylation is 1. The molecule has 1 aromatic rings. The van der Waals surface area contributed by atoms with E-state index in [1.807, 2.05) is 6.07 Å². The van der Waals surface area contributed by atoms with E-state index in [9.17, 15) is 10.4 Å². The number of hydrogen-bond donors (Lipinski definition) is 1. The van der Waals surface area contributed by atoms with E-state index < -0.39 is 0 Å². The quantitative estimate of drug-likeness (QED) is 0.678. The third-order valence-electron chi connectivity index (χ3n) is 5.50. The molecule has 0 aromatic heterocycles. The molecular weight excluding hydrogens is 296 g/mol. The Labute approximate surface area is 145 Å². The molecule has 0 heterocycles. The first-order chi connectivity index (χ1) is 11.7. The van der Waals surface area contributed by atoms with Gasteiger partial charge in [0.25, 0.3) is 0 Å². The molecule has 1 aliphatic carbocycles. The van der Waals surface area contributed by atoms with Crippen LogP contribution in [0.5, 0.6) is 5.75 Å². The molecule has 1 fully saturated rings. The van der Waals surface area contributed by atoms with Crippen LogP contribution >= 0.6 is 0 Å². The number of phenolic OH excluding ortho intramolecular Hbond substituents is 1. The van der Waals surface area contributed by atoms with Crippen LogP contribution < -0.4 is 0 Å². The molecule has 3 nitrogen and oxygen atoms in total. The van der Waals surface area contributed by atoms with Crippen molar-refractivity contribution in [2.45, 2.75) is 71.1 Å². The normalized spacial score (nSPS) is 20.3. The second-order valence-electron chi connectivity index (χ2n) is 7.14. The fourth-order valence-electron chi connectivity index (χ4n) is 3.94. The summed E-state index contributed by atoms with van der Waals surface area (Å²) in [4.78, 5) is 0. The lowest BCUT2D eigenvalue weighted by Crippen LogP contribution is -2.15. The molecule has 0 unspecified atom stereocenters. The largest absolute Gasteiger partial charge is 0.507 e. The number of hydrogen-bond acceptors (Lipinski definition) is 3. The van der Waals surface area contributed by atoms with E-state index in [1.165, 1.54) is 51.4 Å². The summed E-state index contributed by atoms with van der Waals surface area (Å²) in [5, 5.41) is 28.2. The fraction of sp³-hybridized carbons (Fsp3) is 0.619. The van der Waals surface area contributed by atoms with Gasteiger partial charge in [0.15, 0.2) is 0 Å². The maximum absolute atomic E-state index is 9.71. The van der Waals surface area contributed by atoms with E-state index in [0.717, 1.165) is 30.2 Å². The number of benzene rings is 1. The van der Waals surface area contributed by atoms with E-state index in [1.54, 1.807) is 12.1 Å². The van der Waals surface area contributed by atoms with Crippen LogP contribution in [0.3, 0.4) is 0 Å². The minimum atomic E-state index is -0.0922. The Balaban J connectivity index is 1.85. The average Bonchev–Trinajstić information content (AvgIpc) is 2.61. The number of nitrogens with zero attached hydrogens (tertiary/aromatic N) is 2. The summed E-state index contributed by atoms with van der Waals surface area (Å²) >= 11 is 0. The number of aromatic hydroxyl groups is 1. The molecule has 0 atom stereocenters. The van der Waals surface area contributed by atoms with Crippen molar-refractivity contribution in [3.63, 3.8) is 0 Å². The van der Waals surface area contributed by atoms with Crippen molar-refractivity contribution in [2.75, 3.05) is 0 Å². The lowest BCUT2D eigenvalue weighted by molar-refractivity contribution is 0.249. The lowest BCUT2D eigenvalue weighted by Gasteiger charge is -2.28. The molecule has 0 saturated heterocycles. The number of phenols is 1. The zero-order chi connectivity index (χ0) is 17.4. The Morgan fingerprint density at radius 1 is 0.958 bits per heavy atom. The second kappa shape index (κ2) is 9.33. The van der Waals surface area contributed by atoms with Gasteiger partial charge in [-0.2, -0.15) is 10.5 Å². The SMILES string of the molecule is CCCCC[C@H]1CC[C@H](CCc2ccc(O)c(C#N)c2C#N)CC1. The topological polar surface area (TPSA) is 67.8 Å². The summed E-state index contributed by atoms with van der Waals surface area (Å²) in [5.41, 5.74) is 1.37. The van der Waals surface area contributed by atoms with Gasteiger partial charge >= 0.3 is 0 Å². The Bertz CT molecular complexity index is 616. The molecule has 0 aliphatic heterocycles. The Kier molecular flexibility index (Phi) is 7.13. The van der Waals surface area contributed by atoms with Gasteiger partial charge in [0.2, 0.25) is 0 Å². The van der Waals surface area contributed by atoms with Gasteiger partial charge in [0.1, 0.15) is 23.5 Å². The van der Waals surface area contributed by atoms with Gasteiger partial charge < -0.3 is 5.11 Å². The van der Waals surface area contributed by atoms with E-state index in [2.05, 4.69) is 13.0 Å². The molecule has 24 heavy (non-hydrogen) atoms. The minimum Gasteiger partial charge on any atom is -0.507 e. The Morgan fingerprint density at radius 2 is 1.58 bits per heavy atom. The number of unbranched alkanes of at least 4 members (excludes halogenated alkanes) is 2. The van der Waals surface area contributed by atoms with Crippen LogP contribution in [0, 0.1) is 34.5 Å². The highest BCUT2D eigenvalue weighted by Crippen LogP contribution is 2.35. The molecule has 0 bridgehead atoms. The van der Waals surface area contributed by atoms with E-state index >= 15 is 0 Å². The van der Waals surface area contributed by atoms with Crippen LogP contribution in [0.4, 0.5) is 0 Å². The zero-order valence-electron chi connectivity index (χ0n) is 14.7. The van der Waals surface area contributed by atoms with Crippen LogP contribution in [0.2, 0.25) is 0 Å². The van der Waals surface area contributed by atoms with Crippen LogP contribution in [-0.2, 0) is 6.42 Å². The van der Waals surface area contributed by atoms with E-state index in [-0.39, 0.29) is 11.3 Å². The van der Waals surface area contributed by atoms with Crippen LogP contribution in [-0.4, -0.2) is 5.11 Å². The monoisotopic (exact) mass is 324 g/mol. The molecule has 1 aliphatic rings. The molecule has 0 radical (unpaired) electrons. The predicted octanol–water partition coefficient (Wildman–Crippen LogP) is 5.45. The molecule has 1 aromatic carbocycles. The standard InChI is InChI=1S/C21H28N2O/c1-2-3-4-5-16-6-8-17(9-7-16)10-11-18-12-13-21(24)20(15-23)19(18)14-22/h12-13,16-17,24H,2-11H2,1H3/t16-,17-. The first-order valence-electron chi connectivity index (χ1n) is 9.34. The number of nitriles is 2. The summed E-state index contributed by atoms with van der Waals surface area (Å²) in [6, 6.07) is 7.39. The summed E-state index contributed by atoms with van der Waals surface area (Å²) in [5.74, 6) is 1.56. The van der Waals surface area contributed by atoms with Gasteiger partial charge in [-0.3, -0.25) is 0 Å². The molecule has 0 spiro atoms. The maximum atomic E-state index is 9.71. The minimum absolute atomic E-state index is 0.0922. The lowest BCUT2D eigenvalue weighted by atomic mass is 9.77. The third kappa shape index (κ3) is 4.75. The van der Waals surface area contributed by atoms with Gasteiger partial charge in [-0.1, -0.05) is 64.4 Å². The maximum Gasteiger partial charge on any atom is 0.134 e. The van der Waals surface area contributed by atoms with Gasteiger partial charge in [0, 0.05) is 0 Å². The first kappa shape index (κ1) is 18.3. The molecule has 1 N–H and O–H groups in total. The first-order valence-corrected chi connectivity index (χ1v) is 9.34. The third-order valence-corrected chi connectivity index (χ3v) is 5.50. The molecule has 2 rings (SSSR count). The van der Waals surface area contributed by atoms with Crippen molar-refractivity contribution in [1.82, 2.24) is 0 Å². The molecule has 1 saturated carbocycles. The predicted molar refractivity (Wildman–Crippen MR) is 95.4 cm³/mol. The summed E-state index contributed by atoms with van der Waals surface area (Å²) < 4.78 is 0. The second-order valence-corrected chi connectivity index (χ2v) is 7.14. The van der Waals surface area contributed by atoms with Crippen molar-refractivity contribution in [3.8, 4) is 17.9 Å². The highest BCUT2D eigenvalue weighted by molar-refractivity contribution is 5.57. The number of rotatable bonds is 7. The zero-order valence-corrected chi connectivity index (χ0v) is 14.7. The van der Waals surface area contributed by atoms with Crippen LogP contribution in [0.25, 0.3) is 0 Å². The van der Waals surface area contributed by atoms with E-state index in [0.29, 0.717) is 5.56 Å². The van der Waals surface area contributed by atoms with Gasteiger partial charge in [0.05, 0.1) is 5.56 Å². The van der Waals surface area contributed by atoms with Crippen molar-refractivity contribution in [3.05, 3.63) is 28.8 Å². The fourth-order valence-corrected chi connectivity index (χ4v) is 3.94. The summed E-state index contributed by atoms with van der Waals surface area (Å²) in [7, 11) is 0. The Hall–Kier alpha value is -2.00. The molecular formula is C21H28N2O. The van der Waals surface area contributed by atoms with Gasteiger partial charge in [-0.15, -0.1) is 0 Å². The van der Waals surface area contributed by atoms with Crippen molar-refractivity contribution in [1.29, 1.82) is 10.5 Å². The molecule has 0 amide bonds.